The number of carbonyl (C=O) groups is 1. The molecule has 1 aromatic carbocycles. The van der Waals surface area contributed by atoms with Crippen LogP contribution in [0, 0.1) is 24.7 Å². The van der Waals surface area contributed by atoms with E-state index in [1.807, 2.05) is 25.1 Å². The quantitative estimate of drug-likeness (QED) is 0.395. The molecule has 8 heteroatoms. The number of nitrogens with one attached hydrogen (secondary N) is 1. The van der Waals surface area contributed by atoms with E-state index >= 15 is 0 Å². The predicted molar refractivity (Wildman–Crippen MR) is 148 cm³/mol. The number of pyridine rings is 2. The molecule has 38 heavy (non-hydrogen) atoms. The van der Waals surface area contributed by atoms with Gasteiger partial charge >= 0.3 is 0 Å². The number of hydrogen-bond acceptors (Lipinski definition) is 5. The van der Waals surface area contributed by atoms with Crippen LogP contribution in [0.1, 0.15) is 67.3 Å². The number of aromatic nitrogens is 4. The minimum Gasteiger partial charge on any atom is -0.393 e. The van der Waals surface area contributed by atoms with E-state index in [0.717, 1.165) is 59.0 Å². The molecule has 1 saturated carbocycles. The normalized spacial score (nSPS) is 17.5. The largest absolute Gasteiger partial charge is 0.393 e. The van der Waals surface area contributed by atoms with E-state index in [-0.39, 0.29) is 29.6 Å². The first kappa shape index (κ1) is 25.7. The van der Waals surface area contributed by atoms with Gasteiger partial charge in [-0.05, 0) is 63.9 Å². The van der Waals surface area contributed by atoms with Crippen molar-refractivity contribution in [2.45, 2.75) is 65.1 Å². The van der Waals surface area contributed by atoms with Crippen molar-refractivity contribution in [1.82, 2.24) is 24.4 Å². The van der Waals surface area contributed by atoms with Crippen LogP contribution in [0.3, 0.4) is 0 Å². The van der Waals surface area contributed by atoms with Crippen LogP contribution >= 0.6 is 0 Å². The second-order valence-corrected chi connectivity index (χ2v) is 10.3. The minimum absolute atomic E-state index is 0.0344. The third kappa shape index (κ3) is 5.07. The summed E-state index contributed by atoms with van der Waals surface area (Å²) in [5.41, 5.74) is 3.31. The zero-order valence-electron chi connectivity index (χ0n) is 22.1. The summed E-state index contributed by atoms with van der Waals surface area (Å²) in [5, 5.41) is 14.0. The Morgan fingerprint density at radius 1 is 1.21 bits per heavy atom. The maximum atomic E-state index is 12.9. The summed E-state index contributed by atoms with van der Waals surface area (Å²) in [7, 11) is 0. The summed E-state index contributed by atoms with van der Waals surface area (Å²) < 4.78 is 3.74. The third-order valence-corrected chi connectivity index (χ3v) is 7.34. The zero-order valence-corrected chi connectivity index (χ0v) is 22.1. The number of benzene rings is 1. The number of amides is 1. The molecule has 3 heterocycles. The SMILES string of the molecule is Cc1nc2cnc3ccc(C#CCNC(=O)c4cccn(CC5CCCCC5O)c4=O)cc3c2n1C(C)C. The maximum Gasteiger partial charge on any atom is 0.263 e. The van der Waals surface area contributed by atoms with Crippen LogP contribution in [0.5, 0.6) is 0 Å². The van der Waals surface area contributed by atoms with Gasteiger partial charge in [-0.2, -0.15) is 0 Å². The number of nitrogens with zero attached hydrogens (tertiary/aromatic N) is 4. The lowest BCUT2D eigenvalue weighted by Crippen LogP contribution is -2.36. The molecule has 0 spiro atoms. The molecule has 2 unspecified atom stereocenters. The molecule has 4 aromatic rings. The fraction of sp³-hybridized carbons (Fsp3) is 0.400. The van der Waals surface area contributed by atoms with Crippen molar-refractivity contribution in [2.24, 2.45) is 5.92 Å². The van der Waals surface area contributed by atoms with Crippen molar-refractivity contribution >= 4 is 27.8 Å². The Bertz CT molecular complexity index is 1620. The molecule has 1 aliphatic rings. The highest BCUT2D eigenvalue weighted by molar-refractivity contribution is 6.03. The van der Waals surface area contributed by atoms with E-state index in [0.29, 0.717) is 6.54 Å². The topological polar surface area (TPSA) is 102 Å². The van der Waals surface area contributed by atoms with E-state index in [9.17, 15) is 14.7 Å². The summed E-state index contributed by atoms with van der Waals surface area (Å²) in [5.74, 6) is 6.63. The number of imidazole rings is 1. The molecule has 0 radical (unpaired) electrons. The van der Waals surface area contributed by atoms with Crippen molar-refractivity contribution in [3.63, 3.8) is 0 Å². The average molecular weight is 512 g/mol. The van der Waals surface area contributed by atoms with Crippen LogP contribution in [0.15, 0.2) is 47.5 Å². The zero-order chi connectivity index (χ0) is 26.8. The Morgan fingerprint density at radius 2 is 2.03 bits per heavy atom. The lowest BCUT2D eigenvalue weighted by atomic mass is 9.86. The Kier molecular flexibility index (Phi) is 7.30. The summed E-state index contributed by atoms with van der Waals surface area (Å²) in [4.78, 5) is 34.9. The fourth-order valence-electron chi connectivity index (χ4n) is 5.48. The van der Waals surface area contributed by atoms with Crippen molar-refractivity contribution in [3.8, 4) is 11.8 Å². The average Bonchev–Trinajstić information content (AvgIpc) is 3.25. The van der Waals surface area contributed by atoms with Gasteiger partial charge in [-0.25, -0.2) is 4.98 Å². The third-order valence-electron chi connectivity index (χ3n) is 7.34. The summed E-state index contributed by atoms with van der Waals surface area (Å²) >= 11 is 0. The molecule has 8 nitrogen and oxygen atoms in total. The van der Waals surface area contributed by atoms with E-state index in [1.54, 1.807) is 18.5 Å². The molecule has 3 aromatic heterocycles. The van der Waals surface area contributed by atoms with Gasteiger partial charge in [-0.1, -0.05) is 24.7 Å². The predicted octanol–water partition coefficient (Wildman–Crippen LogP) is 3.97. The molecular formula is C30H33N5O3. The summed E-state index contributed by atoms with van der Waals surface area (Å²) in [6, 6.07) is 9.35. The lowest BCUT2D eigenvalue weighted by molar-refractivity contribution is 0.0600. The molecule has 5 rings (SSSR count). The minimum atomic E-state index is -0.455. The standard InChI is InChI=1S/C30H33N5O3/c1-19(2)35-20(3)33-26-17-32-25-13-12-21(16-24(25)28(26)35)8-6-14-31-29(37)23-10-7-15-34(30(23)38)18-22-9-4-5-11-27(22)36/h7,10,12-13,15-17,19,22,27,36H,4-5,9,11,14,18H2,1-3H3,(H,31,37). The van der Waals surface area contributed by atoms with Gasteiger partial charge in [0.15, 0.2) is 0 Å². The van der Waals surface area contributed by atoms with Gasteiger partial charge in [0.2, 0.25) is 0 Å². The van der Waals surface area contributed by atoms with Crippen molar-refractivity contribution in [1.29, 1.82) is 0 Å². The van der Waals surface area contributed by atoms with Crippen LogP contribution in [0.4, 0.5) is 0 Å². The molecule has 2 N–H and O–H groups in total. The summed E-state index contributed by atoms with van der Waals surface area (Å²) in [6.07, 6.45) is 6.79. The Balaban J connectivity index is 1.31. The van der Waals surface area contributed by atoms with Gasteiger partial charge < -0.3 is 19.6 Å². The monoisotopic (exact) mass is 511 g/mol. The number of fused-ring (bicyclic) bond motifs is 3. The summed E-state index contributed by atoms with van der Waals surface area (Å²) in [6.45, 7) is 6.79. The van der Waals surface area contributed by atoms with Gasteiger partial charge in [0.1, 0.15) is 16.9 Å². The second-order valence-electron chi connectivity index (χ2n) is 10.3. The highest BCUT2D eigenvalue weighted by Gasteiger charge is 2.24. The molecule has 0 bridgehead atoms. The fourth-order valence-corrected chi connectivity index (χ4v) is 5.48. The molecular weight excluding hydrogens is 478 g/mol. The molecule has 0 aliphatic heterocycles. The Morgan fingerprint density at radius 3 is 2.82 bits per heavy atom. The number of aryl methyl sites for hydroxylation is 1. The van der Waals surface area contributed by atoms with Gasteiger partial charge in [0, 0.05) is 35.7 Å². The smallest absolute Gasteiger partial charge is 0.263 e. The van der Waals surface area contributed by atoms with Gasteiger partial charge in [-0.15, -0.1) is 0 Å². The molecule has 1 amide bonds. The van der Waals surface area contributed by atoms with Gasteiger partial charge in [0.25, 0.3) is 11.5 Å². The van der Waals surface area contributed by atoms with E-state index in [2.05, 4.69) is 45.5 Å². The first-order valence-electron chi connectivity index (χ1n) is 13.3. The number of hydrogen-bond donors (Lipinski definition) is 2. The van der Waals surface area contributed by atoms with E-state index in [4.69, 9.17) is 0 Å². The van der Waals surface area contributed by atoms with E-state index in [1.165, 1.54) is 10.6 Å². The number of rotatable bonds is 5. The van der Waals surface area contributed by atoms with Crippen LogP contribution in [-0.2, 0) is 6.54 Å². The maximum absolute atomic E-state index is 12.9. The van der Waals surface area contributed by atoms with Crippen LogP contribution in [0.25, 0.3) is 21.9 Å². The number of aliphatic hydroxyl groups is 1. The Hall–Kier alpha value is -3.96. The molecule has 1 fully saturated rings. The van der Waals surface area contributed by atoms with Crippen molar-refractivity contribution in [3.05, 3.63) is 70.0 Å². The van der Waals surface area contributed by atoms with Gasteiger partial charge in [-0.3, -0.25) is 14.6 Å². The highest BCUT2D eigenvalue weighted by atomic mass is 16.3. The lowest BCUT2D eigenvalue weighted by Gasteiger charge is -2.28. The first-order valence-corrected chi connectivity index (χ1v) is 13.3. The second kappa shape index (κ2) is 10.8. The Labute approximate surface area is 221 Å². The van der Waals surface area contributed by atoms with Crippen molar-refractivity contribution < 1.29 is 9.90 Å². The van der Waals surface area contributed by atoms with E-state index < -0.39 is 12.0 Å². The van der Waals surface area contributed by atoms with Crippen molar-refractivity contribution in [2.75, 3.05) is 6.54 Å². The van der Waals surface area contributed by atoms with Crippen LogP contribution in [-0.4, -0.2) is 42.8 Å². The molecule has 0 saturated heterocycles. The first-order chi connectivity index (χ1) is 18.3. The number of carbonyl (C=O) groups excluding carboxylic acids is 1. The number of aliphatic hydroxyl groups excluding tert-OH is 1. The van der Waals surface area contributed by atoms with Crippen LogP contribution in [0.2, 0.25) is 0 Å². The molecule has 196 valence electrons. The molecule has 2 atom stereocenters. The van der Waals surface area contributed by atoms with Crippen LogP contribution < -0.4 is 10.9 Å². The van der Waals surface area contributed by atoms with Gasteiger partial charge in [0.05, 0.1) is 29.9 Å². The molecule has 1 aliphatic carbocycles. The highest BCUT2D eigenvalue weighted by Crippen LogP contribution is 2.28.